The molecule has 168 valence electrons. The monoisotopic (exact) mass is 445 g/mol. The van der Waals surface area contributed by atoms with E-state index in [1.54, 1.807) is 4.31 Å². The van der Waals surface area contributed by atoms with Crippen molar-refractivity contribution in [2.75, 3.05) is 63.3 Å². The van der Waals surface area contributed by atoms with Gasteiger partial charge in [0.15, 0.2) is 0 Å². The molecule has 3 heterocycles. The Bertz CT molecular complexity index is 1020. The zero-order chi connectivity index (χ0) is 22.0. The molecule has 0 aliphatic carbocycles. The van der Waals surface area contributed by atoms with Gasteiger partial charge in [0.1, 0.15) is 5.82 Å². The van der Waals surface area contributed by atoms with E-state index in [2.05, 4.69) is 4.90 Å². The van der Waals surface area contributed by atoms with Crippen molar-refractivity contribution in [1.29, 1.82) is 0 Å². The Morgan fingerprint density at radius 3 is 2.35 bits per heavy atom. The van der Waals surface area contributed by atoms with E-state index in [4.69, 9.17) is 14.7 Å². The predicted octanol–water partition coefficient (Wildman–Crippen LogP) is 1.62. The molecule has 0 bridgehead atoms. The van der Waals surface area contributed by atoms with Crippen molar-refractivity contribution in [3.63, 3.8) is 0 Å². The molecule has 8 nitrogen and oxygen atoms in total. The number of rotatable bonds is 5. The smallest absolute Gasteiger partial charge is 0.227 e. The molecule has 9 heteroatoms. The number of ether oxygens (including phenoxy) is 1. The highest BCUT2D eigenvalue weighted by Gasteiger charge is 2.28. The molecule has 0 radical (unpaired) electrons. The van der Waals surface area contributed by atoms with Crippen LogP contribution in [0.4, 0.5) is 11.8 Å². The second kappa shape index (κ2) is 9.10. The number of hydrogen-bond acceptors (Lipinski definition) is 7. The molecule has 1 aromatic heterocycles. The van der Waals surface area contributed by atoms with Gasteiger partial charge in [0, 0.05) is 52.3 Å². The molecule has 4 rings (SSSR count). The Balaban J connectivity index is 1.57. The van der Waals surface area contributed by atoms with E-state index in [0.717, 1.165) is 41.3 Å². The molecule has 1 saturated heterocycles. The Hall–Kier alpha value is -2.23. The third-order valence-corrected chi connectivity index (χ3v) is 7.70. The van der Waals surface area contributed by atoms with E-state index in [1.807, 2.05) is 50.2 Å². The molecule has 31 heavy (non-hydrogen) atoms. The summed E-state index contributed by atoms with van der Waals surface area (Å²) in [4.78, 5) is 13.8. The van der Waals surface area contributed by atoms with Gasteiger partial charge < -0.3 is 14.5 Å². The zero-order valence-electron chi connectivity index (χ0n) is 18.5. The molecule has 2 aliphatic heterocycles. The number of sulfonamides is 1. The summed E-state index contributed by atoms with van der Waals surface area (Å²) in [5.74, 6) is 1.61. The highest BCUT2D eigenvalue weighted by atomic mass is 32.2. The standard InChI is InChI=1S/C22H31N5O3S/c1-17-4-6-18(7-5-17)16-31(28,29)27-10-8-19-20(9-11-27)23-22(24-21(19)25(2)3)26-12-14-30-15-13-26/h4-7H,8-16H2,1-3H3. The summed E-state index contributed by atoms with van der Waals surface area (Å²) < 4.78 is 33.3. The minimum atomic E-state index is -3.41. The van der Waals surface area contributed by atoms with E-state index in [1.165, 1.54) is 0 Å². The Labute approximate surface area is 184 Å². The summed E-state index contributed by atoms with van der Waals surface area (Å²) in [6.45, 7) is 5.76. The molecule has 0 N–H and O–H groups in total. The molecule has 0 amide bonds. The first-order valence-electron chi connectivity index (χ1n) is 10.8. The molecule has 1 aromatic carbocycles. The van der Waals surface area contributed by atoms with Crippen molar-refractivity contribution in [2.45, 2.75) is 25.5 Å². The molecule has 1 fully saturated rings. The van der Waals surface area contributed by atoms with Gasteiger partial charge in [-0.2, -0.15) is 4.98 Å². The number of aryl methyl sites for hydroxylation is 1. The van der Waals surface area contributed by atoms with Crippen molar-refractivity contribution in [3.05, 3.63) is 46.6 Å². The van der Waals surface area contributed by atoms with Gasteiger partial charge in [-0.05, 0) is 18.9 Å². The molecular weight excluding hydrogens is 414 g/mol. The number of benzene rings is 1. The predicted molar refractivity (Wildman–Crippen MR) is 122 cm³/mol. The summed E-state index contributed by atoms with van der Waals surface area (Å²) in [5, 5.41) is 0. The number of nitrogens with zero attached hydrogens (tertiary/aromatic N) is 5. The Morgan fingerprint density at radius 1 is 1.00 bits per heavy atom. The maximum Gasteiger partial charge on any atom is 0.227 e. The van der Waals surface area contributed by atoms with E-state index in [9.17, 15) is 8.42 Å². The lowest BCUT2D eigenvalue weighted by atomic mass is 10.1. The first-order chi connectivity index (χ1) is 14.8. The van der Waals surface area contributed by atoms with Gasteiger partial charge in [-0.3, -0.25) is 0 Å². The highest BCUT2D eigenvalue weighted by Crippen LogP contribution is 2.27. The minimum absolute atomic E-state index is 0.0227. The summed E-state index contributed by atoms with van der Waals surface area (Å²) in [7, 11) is 0.540. The van der Waals surface area contributed by atoms with Crippen molar-refractivity contribution in [3.8, 4) is 0 Å². The summed E-state index contributed by atoms with van der Waals surface area (Å²) in [5.41, 5.74) is 3.94. The fourth-order valence-electron chi connectivity index (χ4n) is 4.09. The van der Waals surface area contributed by atoms with Crippen molar-refractivity contribution in [1.82, 2.24) is 14.3 Å². The molecule has 0 saturated carbocycles. The van der Waals surface area contributed by atoms with Crippen LogP contribution >= 0.6 is 0 Å². The first-order valence-corrected chi connectivity index (χ1v) is 12.4. The molecule has 0 spiro atoms. The van der Waals surface area contributed by atoms with Crippen LogP contribution in [0.2, 0.25) is 0 Å². The van der Waals surface area contributed by atoms with Gasteiger partial charge in [-0.15, -0.1) is 0 Å². The van der Waals surface area contributed by atoms with Crippen LogP contribution in [-0.2, 0) is 33.4 Å². The quantitative estimate of drug-likeness (QED) is 0.692. The second-order valence-corrected chi connectivity index (χ2v) is 10.4. The van der Waals surface area contributed by atoms with Crippen LogP contribution in [0.5, 0.6) is 0 Å². The van der Waals surface area contributed by atoms with Crippen LogP contribution in [0, 0.1) is 6.92 Å². The van der Waals surface area contributed by atoms with E-state index in [-0.39, 0.29) is 5.75 Å². The van der Waals surface area contributed by atoms with Crippen LogP contribution in [-0.4, -0.2) is 76.2 Å². The summed E-state index contributed by atoms with van der Waals surface area (Å²) >= 11 is 0. The highest BCUT2D eigenvalue weighted by molar-refractivity contribution is 7.88. The van der Waals surface area contributed by atoms with Crippen LogP contribution in [0.25, 0.3) is 0 Å². The maximum absolute atomic E-state index is 13.1. The lowest BCUT2D eigenvalue weighted by Crippen LogP contribution is -2.38. The lowest BCUT2D eigenvalue weighted by Gasteiger charge is -2.28. The Kier molecular flexibility index (Phi) is 6.45. The first kappa shape index (κ1) is 22.0. The fourth-order valence-corrected chi connectivity index (χ4v) is 5.62. The summed E-state index contributed by atoms with van der Waals surface area (Å²) in [6.07, 6.45) is 1.20. The van der Waals surface area contributed by atoms with Gasteiger partial charge in [0.25, 0.3) is 0 Å². The second-order valence-electron chi connectivity index (χ2n) is 8.41. The van der Waals surface area contributed by atoms with Crippen molar-refractivity contribution < 1.29 is 13.2 Å². The van der Waals surface area contributed by atoms with Gasteiger partial charge in [0.2, 0.25) is 16.0 Å². The van der Waals surface area contributed by atoms with Gasteiger partial charge >= 0.3 is 0 Å². The van der Waals surface area contributed by atoms with Crippen LogP contribution in [0.1, 0.15) is 22.4 Å². The van der Waals surface area contributed by atoms with E-state index >= 15 is 0 Å². The molecule has 0 atom stereocenters. The zero-order valence-corrected chi connectivity index (χ0v) is 19.4. The largest absolute Gasteiger partial charge is 0.378 e. The molecular formula is C22H31N5O3S. The third-order valence-electron chi connectivity index (χ3n) is 5.85. The number of anilines is 2. The SMILES string of the molecule is Cc1ccc(CS(=O)(=O)N2CCc3nc(N4CCOCC4)nc(N(C)C)c3CC2)cc1. The number of aromatic nitrogens is 2. The third kappa shape index (κ3) is 4.99. The topological polar surface area (TPSA) is 78.9 Å². The van der Waals surface area contributed by atoms with Crippen molar-refractivity contribution >= 4 is 21.8 Å². The number of fused-ring (bicyclic) bond motifs is 1. The molecule has 2 aromatic rings. The van der Waals surface area contributed by atoms with Crippen molar-refractivity contribution in [2.24, 2.45) is 0 Å². The normalized spacial score (nSPS) is 17.8. The number of morpholine rings is 1. The fraction of sp³-hybridized carbons (Fsp3) is 0.545. The van der Waals surface area contributed by atoms with E-state index in [0.29, 0.717) is 45.1 Å². The van der Waals surface area contributed by atoms with Gasteiger partial charge in [-0.25, -0.2) is 17.7 Å². The maximum atomic E-state index is 13.1. The van der Waals surface area contributed by atoms with Gasteiger partial charge in [-0.1, -0.05) is 29.8 Å². The van der Waals surface area contributed by atoms with Gasteiger partial charge in [0.05, 0.1) is 24.7 Å². The van der Waals surface area contributed by atoms with Crippen LogP contribution < -0.4 is 9.80 Å². The molecule has 0 unspecified atom stereocenters. The average molecular weight is 446 g/mol. The van der Waals surface area contributed by atoms with E-state index < -0.39 is 10.0 Å². The average Bonchev–Trinajstić information content (AvgIpc) is 2.98. The summed E-state index contributed by atoms with van der Waals surface area (Å²) in [6, 6.07) is 7.69. The van der Waals surface area contributed by atoms with Crippen LogP contribution in [0.15, 0.2) is 24.3 Å². The van der Waals surface area contributed by atoms with Crippen LogP contribution in [0.3, 0.4) is 0 Å². The minimum Gasteiger partial charge on any atom is -0.378 e. The lowest BCUT2D eigenvalue weighted by molar-refractivity contribution is 0.122. The Morgan fingerprint density at radius 2 is 1.68 bits per heavy atom. The molecule has 2 aliphatic rings. The number of hydrogen-bond donors (Lipinski definition) is 0.